The first-order chi connectivity index (χ1) is 11.4. The average Bonchev–Trinajstić information content (AvgIpc) is 2.55. The fourth-order valence-electron chi connectivity index (χ4n) is 3.30. The van der Waals surface area contributed by atoms with Crippen LogP contribution in [0.3, 0.4) is 0 Å². The van der Waals surface area contributed by atoms with Crippen molar-refractivity contribution < 1.29 is 9.67 Å². The van der Waals surface area contributed by atoms with Crippen LogP contribution in [0.15, 0.2) is 59.9 Å². The molecule has 122 valence electrons. The first kappa shape index (κ1) is 16.8. The van der Waals surface area contributed by atoms with E-state index in [1.165, 1.54) is 0 Å². The van der Waals surface area contributed by atoms with E-state index in [2.05, 4.69) is 11.1 Å². The van der Waals surface area contributed by atoms with Crippen LogP contribution >= 0.6 is 11.6 Å². The van der Waals surface area contributed by atoms with E-state index in [1.54, 1.807) is 19.1 Å². The molecule has 4 atom stereocenters. The summed E-state index contributed by atoms with van der Waals surface area (Å²) in [4.78, 5) is 4.24. The van der Waals surface area contributed by atoms with Gasteiger partial charge < -0.3 is 17.7 Å². The molecule has 0 amide bonds. The second-order valence-corrected chi connectivity index (χ2v) is 6.85. The number of pyridine rings is 1. The Morgan fingerprint density at radius 2 is 1.88 bits per heavy atom. The summed E-state index contributed by atoms with van der Waals surface area (Å²) in [6.45, 7) is 1.63. The first-order valence-corrected chi connectivity index (χ1v) is 8.32. The number of nitrogens with zero attached hydrogens (tertiary/aromatic N) is 3. The number of nitriles is 1. The summed E-state index contributed by atoms with van der Waals surface area (Å²) in [6, 6.07) is 14.8. The molecular weight excluding hydrogens is 342 g/mol. The van der Waals surface area contributed by atoms with E-state index in [0.717, 1.165) is 5.56 Å². The Morgan fingerprint density at radius 3 is 2.46 bits per heavy atom. The summed E-state index contributed by atoms with van der Waals surface area (Å²) in [5.74, 6) is -0.932. The lowest BCUT2D eigenvalue weighted by molar-refractivity contribution is -0.741. The Balaban J connectivity index is 2.20. The maximum absolute atomic E-state index is 10.9. The van der Waals surface area contributed by atoms with E-state index in [0.29, 0.717) is 5.02 Å². The van der Waals surface area contributed by atoms with Gasteiger partial charge in [0, 0.05) is 17.2 Å². The zero-order valence-corrected chi connectivity index (χ0v) is 14.6. The summed E-state index contributed by atoms with van der Waals surface area (Å²) in [5, 5.41) is 21.5. The molecule has 0 saturated heterocycles. The minimum absolute atomic E-state index is 0.232. The van der Waals surface area contributed by atoms with Crippen molar-refractivity contribution in [3.8, 4) is 6.07 Å². The molecule has 1 aromatic carbocycles. The van der Waals surface area contributed by atoms with Gasteiger partial charge in [-0.2, -0.15) is 9.83 Å². The Bertz CT molecular complexity index is 799. The zero-order valence-electron chi connectivity index (χ0n) is 13.0. The molecule has 0 spiro atoms. The van der Waals surface area contributed by atoms with E-state index >= 15 is 0 Å². The van der Waals surface area contributed by atoms with Crippen LogP contribution in [0.2, 0.25) is 5.02 Å². The molecule has 4 nitrogen and oxygen atoms in total. The van der Waals surface area contributed by atoms with Crippen molar-refractivity contribution >= 4 is 29.3 Å². The van der Waals surface area contributed by atoms with Crippen LogP contribution in [0.5, 0.6) is 0 Å². The minimum atomic E-state index is -1.42. The second-order valence-electron chi connectivity index (χ2n) is 6.00. The Kier molecular flexibility index (Phi) is 4.55. The number of benzene rings is 1. The van der Waals surface area contributed by atoms with E-state index < -0.39 is 17.7 Å². The summed E-state index contributed by atoms with van der Waals surface area (Å²) >= 11 is 11.3. The zero-order chi connectivity index (χ0) is 17.3. The van der Waals surface area contributed by atoms with Gasteiger partial charge in [0.05, 0.1) is 17.9 Å². The first-order valence-electron chi connectivity index (χ1n) is 7.54. The number of aromatic nitrogens is 1. The number of rotatable bonds is 2. The van der Waals surface area contributed by atoms with Crippen LogP contribution in [0, 0.1) is 17.2 Å². The summed E-state index contributed by atoms with van der Waals surface area (Å²) in [5.41, 5.74) is -0.523. The van der Waals surface area contributed by atoms with E-state index in [-0.39, 0.29) is 11.0 Å². The quantitative estimate of drug-likeness (QED) is 0.664. The topological polar surface area (TPSA) is 60.3 Å². The summed E-state index contributed by atoms with van der Waals surface area (Å²) < 4.78 is 1.88. The van der Waals surface area contributed by atoms with Crippen molar-refractivity contribution in [1.82, 2.24) is 0 Å². The molecule has 24 heavy (non-hydrogen) atoms. The van der Waals surface area contributed by atoms with Crippen molar-refractivity contribution in [2.45, 2.75) is 24.6 Å². The smallest absolute Gasteiger partial charge is 0.214 e. The van der Waals surface area contributed by atoms with Gasteiger partial charge in [0.15, 0.2) is 12.4 Å². The van der Waals surface area contributed by atoms with Crippen LogP contribution in [0.1, 0.15) is 24.4 Å². The predicted molar refractivity (Wildman–Crippen MR) is 94.4 cm³/mol. The maximum Gasteiger partial charge on any atom is 0.214 e. The molecule has 2 aromatic rings. The number of aliphatic imine (C=N–C) groups is 1. The number of hydrogen-bond donors (Lipinski definition) is 1. The Morgan fingerprint density at radius 1 is 1.25 bits per heavy atom. The number of aliphatic hydroxyl groups is 1. The van der Waals surface area contributed by atoms with Crippen molar-refractivity contribution in [2.24, 2.45) is 10.9 Å². The summed E-state index contributed by atoms with van der Waals surface area (Å²) in [6.07, 6.45) is 3.72. The van der Waals surface area contributed by atoms with Gasteiger partial charge in [-0.25, -0.2) is 0 Å². The second kappa shape index (κ2) is 6.48. The SMILES string of the molecule is C[C@]1(O)N=C([S-])[C@@H](C#N)[C@@H](c2ccc(Cl)cc2)[C@@H]1[n+]1ccccc1. The molecule has 3 rings (SSSR count). The van der Waals surface area contributed by atoms with E-state index in [1.807, 2.05) is 47.3 Å². The molecule has 2 heterocycles. The van der Waals surface area contributed by atoms with Gasteiger partial charge >= 0.3 is 0 Å². The third-order valence-corrected chi connectivity index (χ3v) is 4.91. The highest BCUT2D eigenvalue weighted by atomic mass is 35.5. The standard InChI is InChI=1S/C18H16ClN3OS/c1-18(23)16(22-9-3-2-4-10-22)15(14(11-20)17(24)21-18)12-5-7-13(19)8-6-12/h2-10,14-16,23H,1H3/t14-,15+,16-,18+/m0/s1. The molecule has 1 aromatic heterocycles. The van der Waals surface area contributed by atoms with E-state index in [4.69, 9.17) is 24.2 Å². The normalized spacial score (nSPS) is 29.6. The highest BCUT2D eigenvalue weighted by molar-refractivity contribution is 7.77. The molecule has 0 saturated carbocycles. The largest absolute Gasteiger partial charge is 0.764 e. The van der Waals surface area contributed by atoms with Crippen LogP contribution in [0.25, 0.3) is 0 Å². The Labute approximate surface area is 151 Å². The lowest BCUT2D eigenvalue weighted by Crippen LogP contribution is -2.58. The molecule has 1 N–H and O–H groups in total. The lowest BCUT2D eigenvalue weighted by Gasteiger charge is -2.41. The van der Waals surface area contributed by atoms with Gasteiger partial charge in [0.1, 0.15) is 0 Å². The molecule has 0 unspecified atom stereocenters. The van der Waals surface area contributed by atoms with Crippen LogP contribution in [0.4, 0.5) is 0 Å². The molecule has 0 fully saturated rings. The van der Waals surface area contributed by atoms with Gasteiger partial charge in [0.2, 0.25) is 11.8 Å². The maximum atomic E-state index is 10.9. The molecule has 0 radical (unpaired) electrons. The molecular formula is C18H16ClN3OS. The Hall–Kier alpha value is -2.00. The number of hydrogen-bond acceptors (Lipinski definition) is 4. The van der Waals surface area contributed by atoms with Crippen molar-refractivity contribution in [3.05, 3.63) is 65.4 Å². The van der Waals surface area contributed by atoms with Crippen molar-refractivity contribution in [1.29, 1.82) is 5.26 Å². The molecule has 6 heteroatoms. The van der Waals surface area contributed by atoms with Gasteiger partial charge in [0.25, 0.3) is 0 Å². The number of halogens is 1. The predicted octanol–water partition coefficient (Wildman–Crippen LogP) is 2.76. The third-order valence-electron chi connectivity index (χ3n) is 4.32. The van der Waals surface area contributed by atoms with E-state index in [9.17, 15) is 10.4 Å². The van der Waals surface area contributed by atoms with Crippen molar-refractivity contribution in [2.75, 3.05) is 0 Å². The summed E-state index contributed by atoms with van der Waals surface area (Å²) in [7, 11) is 0. The van der Waals surface area contributed by atoms with Gasteiger partial charge in [-0.3, -0.25) is 4.99 Å². The minimum Gasteiger partial charge on any atom is -0.764 e. The third kappa shape index (κ3) is 3.01. The molecule has 1 aliphatic rings. The highest BCUT2D eigenvalue weighted by Gasteiger charge is 2.51. The average molecular weight is 358 g/mol. The highest BCUT2D eigenvalue weighted by Crippen LogP contribution is 2.43. The van der Waals surface area contributed by atoms with Gasteiger partial charge in [-0.1, -0.05) is 34.8 Å². The van der Waals surface area contributed by atoms with Gasteiger partial charge in [-0.05, 0) is 24.6 Å². The monoisotopic (exact) mass is 357 g/mol. The molecule has 1 aliphatic heterocycles. The molecule has 0 aliphatic carbocycles. The van der Waals surface area contributed by atoms with Gasteiger partial charge in [-0.15, -0.1) is 0 Å². The lowest BCUT2D eigenvalue weighted by atomic mass is 9.75. The van der Waals surface area contributed by atoms with Crippen LogP contribution < -0.4 is 4.57 Å². The van der Waals surface area contributed by atoms with Crippen LogP contribution in [-0.2, 0) is 12.6 Å². The fourth-order valence-corrected chi connectivity index (χ4v) is 3.81. The van der Waals surface area contributed by atoms with Crippen molar-refractivity contribution in [3.63, 3.8) is 0 Å². The van der Waals surface area contributed by atoms with Crippen LogP contribution in [-0.4, -0.2) is 15.9 Å². The fraction of sp³-hybridized carbons (Fsp3) is 0.278. The molecule has 0 bridgehead atoms.